The standard InChI is InChI=1S/C9H11NO4/c10-9(13)7-2-1-6(5-8(7)12)14-4-3-11/h1-2,5,11-12H,3-4H2,(H2,10,13). The molecule has 1 amide bonds. The fourth-order valence-corrected chi connectivity index (χ4v) is 0.973. The fourth-order valence-electron chi connectivity index (χ4n) is 0.973. The first-order valence-corrected chi connectivity index (χ1v) is 4.01. The Hall–Kier alpha value is -1.75. The highest BCUT2D eigenvalue weighted by molar-refractivity contribution is 5.95. The van der Waals surface area contributed by atoms with Crippen molar-refractivity contribution < 1.29 is 19.7 Å². The highest BCUT2D eigenvalue weighted by Gasteiger charge is 2.07. The lowest BCUT2D eigenvalue weighted by molar-refractivity contribution is 0.0997. The van der Waals surface area contributed by atoms with Crippen LogP contribution in [0.2, 0.25) is 0 Å². The lowest BCUT2D eigenvalue weighted by Crippen LogP contribution is -2.11. The quantitative estimate of drug-likeness (QED) is 0.626. The number of amides is 1. The third-order valence-electron chi connectivity index (χ3n) is 1.59. The molecule has 0 aliphatic heterocycles. The van der Waals surface area contributed by atoms with Crippen LogP contribution in [0.1, 0.15) is 10.4 Å². The number of aromatic hydroxyl groups is 1. The number of benzene rings is 1. The van der Waals surface area contributed by atoms with Gasteiger partial charge in [-0.1, -0.05) is 0 Å². The summed E-state index contributed by atoms with van der Waals surface area (Å²) in [5.74, 6) is -0.550. The van der Waals surface area contributed by atoms with Crippen LogP contribution in [0.5, 0.6) is 11.5 Å². The van der Waals surface area contributed by atoms with Gasteiger partial charge in [-0.15, -0.1) is 0 Å². The molecule has 0 unspecified atom stereocenters. The van der Waals surface area contributed by atoms with Crippen LogP contribution in [0.4, 0.5) is 0 Å². The van der Waals surface area contributed by atoms with Crippen LogP contribution in [-0.4, -0.2) is 29.3 Å². The van der Waals surface area contributed by atoms with E-state index in [-0.39, 0.29) is 24.5 Å². The van der Waals surface area contributed by atoms with Gasteiger partial charge in [0.15, 0.2) is 0 Å². The summed E-state index contributed by atoms with van der Waals surface area (Å²) >= 11 is 0. The van der Waals surface area contributed by atoms with E-state index in [0.717, 1.165) is 0 Å². The van der Waals surface area contributed by atoms with E-state index in [1.807, 2.05) is 0 Å². The lowest BCUT2D eigenvalue weighted by atomic mass is 10.2. The minimum absolute atomic E-state index is 0.0429. The Labute approximate surface area is 80.7 Å². The molecule has 0 fully saturated rings. The van der Waals surface area contributed by atoms with Crippen molar-refractivity contribution in [2.24, 2.45) is 5.73 Å². The minimum atomic E-state index is -0.698. The first-order chi connectivity index (χ1) is 6.65. The summed E-state index contributed by atoms with van der Waals surface area (Å²) in [5.41, 5.74) is 5.03. The van der Waals surface area contributed by atoms with Crippen molar-refractivity contribution >= 4 is 5.91 Å². The zero-order valence-electron chi connectivity index (χ0n) is 7.43. The van der Waals surface area contributed by atoms with Gasteiger partial charge in [0, 0.05) is 6.07 Å². The van der Waals surface area contributed by atoms with Gasteiger partial charge in [-0.2, -0.15) is 0 Å². The van der Waals surface area contributed by atoms with Gasteiger partial charge < -0.3 is 20.7 Å². The lowest BCUT2D eigenvalue weighted by Gasteiger charge is -2.05. The number of carbonyl (C=O) groups is 1. The summed E-state index contributed by atoms with van der Waals surface area (Å²) in [6.45, 7) is 0.0215. The number of ether oxygens (including phenoxy) is 1. The van der Waals surface area contributed by atoms with Crippen molar-refractivity contribution in [2.45, 2.75) is 0 Å². The maximum absolute atomic E-state index is 10.7. The van der Waals surface area contributed by atoms with Gasteiger partial charge in [0.2, 0.25) is 0 Å². The highest BCUT2D eigenvalue weighted by atomic mass is 16.5. The average Bonchev–Trinajstić information content (AvgIpc) is 2.14. The second-order valence-corrected chi connectivity index (χ2v) is 2.62. The molecule has 0 atom stereocenters. The van der Waals surface area contributed by atoms with Gasteiger partial charge in [-0.05, 0) is 12.1 Å². The zero-order chi connectivity index (χ0) is 10.6. The van der Waals surface area contributed by atoms with Crippen molar-refractivity contribution in [3.8, 4) is 11.5 Å². The predicted octanol–water partition coefficient (Wildman–Crippen LogP) is -0.138. The van der Waals surface area contributed by atoms with E-state index in [1.54, 1.807) is 0 Å². The van der Waals surface area contributed by atoms with Gasteiger partial charge >= 0.3 is 0 Å². The first-order valence-electron chi connectivity index (χ1n) is 4.01. The molecule has 0 aliphatic rings. The van der Waals surface area contributed by atoms with Crippen molar-refractivity contribution in [1.82, 2.24) is 0 Å². The topological polar surface area (TPSA) is 92.8 Å². The maximum Gasteiger partial charge on any atom is 0.252 e. The molecule has 5 heteroatoms. The van der Waals surface area contributed by atoms with Crippen molar-refractivity contribution in [3.63, 3.8) is 0 Å². The van der Waals surface area contributed by atoms with Gasteiger partial charge in [-0.3, -0.25) is 4.79 Å². The SMILES string of the molecule is NC(=O)c1ccc(OCCO)cc1O. The van der Waals surface area contributed by atoms with E-state index >= 15 is 0 Å². The number of rotatable bonds is 4. The summed E-state index contributed by atoms with van der Waals surface area (Å²) in [6.07, 6.45) is 0. The minimum Gasteiger partial charge on any atom is -0.507 e. The second kappa shape index (κ2) is 4.48. The molecule has 5 nitrogen and oxygen atoms in total. The molecule has 0 saturated heterocycles. The molecular formula is C9H11NO4. The molecule has 1 aromatic rings. The number of hydrogen-bond acceptors (Lipinski definition) is 4. The first kappa shape index (κ1) is 10.3. The molecule has 0 saturated carbocycles. The Kier molecular flexibility index (Phi) is 3.30. The Bertz CT molecular complexity index is 338. The molecule has 76 valence electrons. The molecule has 0 heterocycles. The summed E-state index contributed by atoms with van der Waals surface area (Å²) in [6, 6.07) is 4.13. The Balaban J connectivity index is 2.83. The van der Waals surface area contributed by atoms with E-state index in [1.165, 1.54) is 18.2 Å². The Morgan fingerprint density at radius 1 is 1.50 bits per heavy atom. The van der Waals surface area contributed by atoms with Crippen LogP contribution in [-0.2, 0) is 0 Å². The third kappa shape index (κ3) is 2.37. The van der Waals surface area contributed by atoms with Crippen molar-refractivity contribution in [1.29, 1.82) is 0 Å². The number of hydrogen-bond donors (Lipinski definition) is 3. The van der Waals surface area contributed by atoms with Crippen LogP contribution >= 0.6 is 0 Å². The van der Waals surface area contributed by atoms with Crippen LogP contribution < -0.4 is 10.5 Å². The summed E-state index contributed by atoms with van der Waals surface area (Å²) in [5, 5.41) is 17.8. The molecule has 0 bridgehead atoms. The van der Waals surface area contributed by atoms with E-state index in [0.29, 0.717) is 5.75 Å². The van der Waals surface area contributed by atoms with Crippen molar-refractivity contribution in [3.05, 3.63) is 23.8 Å². The molecule has 4 N–H and O–H groups in total. The largest absolute Gasteiger partial charge is 0.507 e. The van der Waals surface area contributed by atoms with Crippen molar-refractivity contribution in [2.75, 3.05) is 13.2 Å². The summed E-state index contributed by atoms with van der Waals surface area (Å²) in [4.78, 5) is 10.7. The normalized spacial score (nSPS) is 9.79. The molecule has 14 heavy (non-hydrogen) atoms. The molecule has 1 rings (SSSR count). The van der Waals surface area contributed by atoms with Gasteiger partial charge in [0.1, 0.15) is 18.1 Å². The second-order valence-electron chi connectivity index (χ2n) is 2.62. The number of carbonyl (C=O) groups excluding carboxylic acids is 1. The Morgan fingerprint density at radius 3 is 2.71 bits per heavy atom. The molecule has 0 radical (unpaired) electrons. The van der Waals surface area contributed by atoms with Crippen LogP contribution in [0.25, 0.3) is 0 Å². The van der Waals surface area contributed by atoms with Crippen LogP contribution in [0, 0.1) is 0 Å². The van der Waals surface area contributed by atoms with Gasteiger partial charge in [0.05, 0.1) is 12.2 Å². The number of phenols is 1. The number of aliphatic hydroxyl groups excluding tert-OH is 1. The number of primary amides is 1. The smallest absolute Gasteiger partial charge is 0.252 e. The van der Waals surface area contributed by atoms with Gasteiger partial charge in [0.25, 0.3) is 5.91 Å². The number of nitrogens with two attached hydrogens (primary N) is 1. The van der Waals surface area contributed by atoms with E-state index < -0.39 is 5.91 Å². The Morgan fingerprint density at radius 2 is 2.21 bits per heavy atom. The predicted molar refractivity (Wildman–Crippen MR) is 49.2 cm³/mol. The zero-order valence-corrected chi connectivity index (χ0v) is 7.43. The molecular weight excluding hydrogens is 186 g/mol. The monoisotopic (exact) mass is 197 g/mol. The third-order valence-corrected chi connectivity index (χ3v) is 1.59. The van der Waals surface area contributed by atoms with E-state index in [9.17, 15) is 9.90 Å². The average molecular weight is 197 g/mol. The molecule has 0 spiro atoms. The van der Waals surface area contributed by atoms with Gasteiger partial charge in [-0.25, -0.2) is 0 Å². The maximum atomic E-state index is 10.7. The highest BCUT2D eigenvalue weighted by Crippen LogP contribution is 2.22. The van der Waals surface area contributed by atoms with Crippen LogP contribution in [0.15, 0.2) is 18.2 Å². The number of aliphatic hydroxyl groups is 1. The fraction of sp³-hybridized carbons (Fsp3) is 0.222. The van der Waals surface area contributed by atoms with Crippen LogP contribution in [0.3, 0.4) is 0 Å². The summed E-state index contributed by atoms with van der Waals surface area (Å²) in [7, 11) is 0. The van der Waals surface area contributed by atoms with E-state index in [4.69, 9.17) is 15.6 Å². The molecule has 0 aliphatic carbocycles. The molecule has 1 aromatic carbocycles. The van der Waals surface area contributed by atoms with E-state index in [2.05, 4.69) is 0 Å². The summed E-state index contributed by atoms with van der Waals surface area (Å²) < 4.78 is 5.01. The molecule has 0 aromatic heterocycles.